The van der Waals surface area contributed by atoms with E-state index >= 15 is 0 Å². The van der Waals surface area contributed by atoms with Crippen molar-refractivity contribution in [2.45, 2.75) is 87.7 Å². The van der Waals surface area contributed by atoms with E-state index in [9.17, 15) is 19.5 Å². The van der Waals surface area contributed by atoms with Crippen LogP contribution in [0.25, 0.3) is 11.0 Å². The highest BCUT2D eigenvalue weighted by atomic mass is 16.3. The first-order valence-electron chi connectivity index (χ1n) is 14.5. The van der Waals surface area contributed by atoms with Gasteiger partial charge in [-0.3, -0.25) is 28.9 Å². The number of aromatic nitrogens is 2. The highest BCUT2D eigenvalue weighted by molar-refractivity contribution is 6.00. The molecule has 38 heavy (non-hydrogen) atoms. The van der Waals surface area contributed by atoms with Gasteiger partial charge in [0.25, 0.3) is 0 Å². The van der Waals surface area contributed by atoms with Gasteiger partial charge in [-0.1, -0.05) is 6.07 Å². The molecule has 4 fully saturated rings. The summed E-state index contributed by atoms with van der Waals surface area (Å²) in [5, 5.41) is 12.3. The summed E-state index contributed by atoms with van der Waals surface area (Å²) in [7, 11) is 1.76. The largest absolute Gasteiger partial charge is 0.394 e. The first kappa shape index (κ1) is 25.8. The third-order valence-electron chi connectivity index (χ3n) is 10.0. The van der Waals surface area contributed by atoms with E-state index < -0.39 is 11.9 Å². The summed E-state index contributed by atoms with van der Waals surface area (Å²) >= 11 is 0. The molecule has 0 bridgehead atoms. The number of hydrogen-bond donors (Lipinski definition) is 2. The zero-order valence-electron chi connectivity index (χ0n) is 22.5. The maximum atomic E-state index is 13.1. The van der Waals surface area contributed by atoms with Crippen LogP contribution in [-0.2, 0) is 16.6 Å². The second-order valence-electron chi connectivity index (χ2n) is 12.1. The van der Waals surface area contributed by atoms with Crippen LogP contribution in [-0.4, -0.2) is 80.2 Å². The van der Waals surface area contributed by atoms with Crippen LogP contribution in [0.1, 0.15) is 81.7 Å². The number of hydrogen-bond acceptors (Lipinski definition) is 6. The minimum atomic E-state index is -0.646. The van der Waals surface area contributed by atoms with Crippen LogP contribution >= 0.6 is 0 Å². The third kappa shape index (κ3) is 4.42. The number of aliphatic hydroxyl groups excluding tert-OH is 1. The van der Waals surface area contributed by atoms with Gasteiger partial charge >= 0.3 is 5.69 Å². The van der Waals surface area contributed by atoms with E-state index in [0.717, 1.165) is 62.9 Å². The minimum Gasteiger partial charge on any atom is -0.394 e. The van der Waals surface area contributed by atoms with Gasteiger partial charge in [-0.05, 0) is 108 Å². The molecule has 206 valence electrons. The molecule has 1 aromatic heterocycles. The van der Waals surface area contributed by atoms with E-state index in [1.165, 1.54) is 31.2 Å². The average molecular weight is 524 g/mol. The second kappa shape index (κ2) is 10.2. The molecule has 2 N–H and O–H groups in total. The van der Waals surface area contributed by atoms with Gasteiger partial charge in [0.05, 0.1) is 17.6 Å². The summed E-state index contributed by atoms with van der Waals surface area (Å²) in [6.45, 7) is 4.80. The fraction of sp³-hybridized carbons (Fsp3) is 0.690. The summed E-state index contributed by atoms with van der Waals surface area (Å²) in [5.74, 6) is -0.204. The number of benzene rings is 1. The van der Waals surface area contributed by atoms with Crippen LogP contribution in [0.15, 0.2) is 23.0 Å². The van der Waals surface area contributed by atoms with Crippen molar-refractivity contribution in [3.63, 3.8) is 0 Å². The van der Waals surface area contributed by atoms with Crippen molar-refractivity contribution in [1.82, 2.24) is 24.3 Å². The van der Waals surface area contributed by atoms with E-state index in [1.54, 1.807) is 16.2 Å². The molecule has 0 spiro atoms. The molecule has 0 radical (unpaired) electrons. The summed E-state index contributed by atoms with van der Waals surface area (Å²) in [4.78, 5) is 42.3. The SMILES string of the molecule is Cn1c(=O)n(C2CCC(=O)NC2=O)c2ccc(C3CCN(CCC[C@@H]4CC[C@@]5(CO)CCCN45)CC3)cc21. The van der Waals surface area contributed by atoms with E-state index in [4.69, 9.17) is 0 Å². The molecule has 4 aliphatic rings. The monoisotopic (exact) mass is 523 g/mol. The number of imide groups is 1. The van der Waals surface area contributed by atoms with Gasteiger partial charge in [0.1, 0.15) is 6.04 Å². The van der Waals surface area contributed by atoms with Crippen LogP contribution in [0.5, 0.6) is 0 Å². The quantitative estimate of drug-likeness (QED) is 0.540. The molecule has 4 aliphatic heterocycles. The Morgan fingerprint density at radius 1 is 1.03 bits per heavy atom. The number of nitrogens with one attached hydrogen (secondary N) is 1. The van der Waals surface area contributed by atoms with Crippen molar-refractivity contribution < 1.29 is 14.7 Å². The lowest BCUT2D eigenvalue weighted by Crippen LogP contribution is -2.45. The summed E-state index contributed by atoms with van der Waals surface area (Å²) in [5.41, 5.74) is 2.74. The smallest absolute Gasteiger partial charge is 0.329 e. The Morgan fingerprint density at radius 3 is 2.61 bits per heavy atom. The van der Waals surface area contributed by atoms with Gasteiger partial charge in [0.2, 0.25) is 11.8 Å². The summed E-state index contributed by atoms with van der Waals surface area (Å²) in [6.07, 6.45) is 10.1. The average Bonchev–Trinajstić information content (AvgIpc) is 3.57. The predicted octanol–water partition coefficient (Wildman–Crippen LogP) is 2.27. The Bertz CT molecular complexity index is 1280. The predicted molar refractivity (Wildman–Crippen MR) is 145 cm³/mol. The zero-order chi connectivity index (χ0) is 26.4. The number of piperidine rings is 2. The van der Waals surface area contributed by atoms with Crippen molar-refractivity contribution >= 4 is 22.8 Å². The maximum Gasteiger partial charge on any atom is 0.329 e. The molecule has 1 unspecified atom stereocenters. The fourth-order valence-electron chi connectivity index (χ4n) is 7.84. The number of carbonyl (C=O) groups excluding carboxylic acids is 2. The second-order valence-corrected chi connectivity index (χ2v) is 12.1. The maximum absolute atomic E-state index is 13.1. The normalized spacial score (nSPS) is 29.3. The van der Waals surface area contributed by atoms with Crippen LogP contribution in [0.3, 0.4) is 0 Å². The lowest BCUT2D eigenvalue weighted by molar-refractivity contribution is -0.135. The van der Waals surface area contributed by atoms with E-state index in [2.05, 4.69) is 27.2 Å². The fourth-order valence-corrected chi connectivity index (χ4v) is 7.84. The van der Waals surface area contributed by atoms with Crippen LogP contribution in [0.2, 0.25) is 0 Å². The number of carbonyl (C=O) groups is 2. The molecular formula is C29H41N5O4. The zero-order valence-corrected chi connectivity index (χ0v) is 22.5. The van der Waals surface area contributed by atoms with Crippen molar-refractivity contribution in [2.24, 2.45) is 7.05 Å². The summed E-state index contributed by atoms with van der Waals surface area (Å²) < 4.78 is 3.19. The Balaban J connectivity index is 1.06. The highest BCUT2D eigenvalue weighted by Gasteiger charge is 2.48. The van der Waals surface area contributed by atoms with Crippen molar-refractivity contribution in [3.8, 4) is 0 Å². The molecule has 1 aromatic carbocycles. The van der Waals surface area contributed by atoms with Gasteiger partial charge in [0, 0.05) is 25.0 Å². The van der Waals surface area contributed by atoms with Crippen molar-refractivity contribution in [1.29, 1.82) is 0 Å². The Morgan fingerprint density at radius 2 is 1.84 bits per heavy atom. The molecule has 5 heterocycles. The number of fused-ring (bicyclic) bond motifs is 2. The van der Waals surface area contributed by atoms with Crippen LogP contribution < -0.4 is 11.0 Å². The molecule has 2 amide bonds. The molecule has 4 saturated heterocycles. The molecule has 9 nitrogen and oxygen atoms in total. The Kier molecular flexibility index (Phi) is 6.95. The van der Waals surface area contributed by atoms with E-state index in [0.29, 0.717) is 25.0 Å². The van der Waals surface area contributed by atoms with Crippen LogP contribution in [0, 0.1) is 0 Å². The number of nitrogens with zero attached hydrogens (tertiary/aromatic N) is 4. The molecule has 2 aromatic rings. The van der Waals surface area contributed by atoms with Crippen LogP contribution in [0.4, 0.5) is 0 Å². The summed E-state index contributed by atoms with van der Waals surface area (Å²) in [6, 6.07) is 6.23. The van der Waals surface area contributed by atoms with Gasteiger partial charge in [0.15, 0.2) is 0 Å². The molecule has 0 aliphatic carbocycles. The molecule has 3 atom stereocenters. The number of imidazole rings is 1. The topological polar surface area (TPSA) is 99.8 Å². The van der Waals surface area contributed by atoms with E-state index in [1.807, 2.05) is 6.07 Å². The first-order valence-corrected chi connectivity index (χ1v) is 14.5. The number of likely N-dealkylation sites (tertiary alicyclic amines) is 1. The number of rotatable bonds is 7. The number of aliphatic hydroxyl groups is 1. The molecular weight excluding hydrogens is 482 g/mol. The Hall–Kier alpha value is -2.49. The van der Waals surface area contributed by atoms with Crippen molar-refractivity contribution in [2.75, 3.05) is 32.8 Å². The van der Waals surface area contributed by atoms with Gasteiger partial charge in [-0.15, -0.1) is 0 Å². The minimum absolute atomic E-state index is 0.0937. The molecule has 6 rings (SSSR count). The van der Waals surface area contributed by atoms with Gasteiger partial charge in [-0.2, -0.15) is 0 Å². The molecule has 9 heteroatoms. The number of aryl methyl sites for hydroxylation is 1. The first-order chi connectivity index (χ1) is 18.4. The third-order valence-corrected chi connectivity index (χ3v) is 10.0. The lowest BCUT2D eigenvalue weighted by Gasteiger charge is -2.35. The lowest BCUT2D eigenvalue weighted by atomic mass is 9.89. The molecule has 0 saturated carbocycles. The van der Waals surface area contributed by atoms with Gasteiger partial charge in [-0.25, -0.2) is 4.79 Å². The van der Waals surface area contributed by atoms with Gasteiger partial charge < -0.3 is 10.0 Å². The Labute approximate surface area is 223 Å². The standard InChI is InChI=1S/C29H41N5O4/c1-31-25-18-21(5-6-23(25)34(28(31)38)24-7-8-26(36)30-27(24)37)20-10-16-32(17-11-20)14-2-4-22-9-13-29(19-35)12-3-15-33(22)29/h5-6,18,20,22,24,35H,2-4,7-17,19H2,1H3,(H,30,36,37)/t22-,24?,29-/m1/s1. The van der Waals surface area contributed by atoms with E-state index in [-0.39, 0.29) is 23.6 Å². The van der Waals surface area contributed by atoms with Crippen molar-refractivity contribution in [3.05, 3.63) is 34.2 Å². The highest BCUT2D eigenvalue weighted by Crippen LogP contribution is 2.43. The number of amides is 2.